The van der Waals surface area contributed by atoms with E-state index in [2.05, 4.69) is 5.32 Å². The number of nitrogens with one attached hydrogen (secondary N) is 1. The molecule has 1 heterocycles. The molecule has 3 rings (SSSR count). The van der Waals surface area contributed by atoms with Crippen molar-refractivity contribution in [1.82, 2.24) is 15.1 Å². The van der Waals surface area contributed by atoms with Crippen LogP contribution >= 0.6 is 0 Å². The van der Waals surface area contributed by atoms with Gasteiger partial charge in [-0.2, -0.15) is 0 Å². The van der Waals surface area contributed by atoms with Crippen molar-refractivity contribution in [3.63, 3.8) is 0 Å². The largest absolute Gasteiger partial charge is 0.497 e. The summed E-state index contributed by atoms with van der Waals surface area (Å²) in [7, 11) is 1.56. The quantitative estimate of drug-likeness (QED) is 0.670. The standard InChI is InChI=1S/C23H27FN4O4/c1-32-19-9-3-16(4-10-19)15-20(29)27-13-2-14-28(22(27)21(30)26-12-11-25)23(31)17-5-7-18(24)8-6-17/h3-10,22H,2,11-15,25H2,1H3,(H,26,30). The second kappa shape index (κ2) is 10.7. The van der Waals surface area contributed by atoms with E-state index in [4.69, 9.17) is 10.5 Å². The number of benzene rings is 2. The zero-order chi connectivity index (χ0) is 23.1. The summed E-state index contributed by atoms with van der Waals surface area (Å²) in [5, 5.41) is 2.68. The van der Waals surface area contributed by atoms with Crippen LogP contribution in [-0.2, 0) is 16.0 Å². The molecule has 170 valence electrons. The lowest BCUT2D eigenvalue weighted by Gasteiger charge is -2.42. The van der Waals surface area contributed by atoms with Crippen molar-refractivity contribution in [2.24, 2.45) is 5.73 Å². The molecule has 1 saturated heterocycles. The topological polar surface area (TPSA) is 105 Å². The number of nitrogens with zero attached hydrogens (tertiary/aromatic N) is 2. The first-order valence-electron chi connectivity index (χ1n) is 10.4. The molecule has 0 spiro atoms. The van der Waals surface area contributed by atoms with E-state index >= 15 is 0 Å². The third-order valence-electron chi connectivity index (χ3n) is 5.25. The van der Waals surface area contributed by atoms with Crippen molar-refractivity contribution in [3.05, 3.63) is 65.5 Å². The second-order valence-electron chi connectivity index (χ2n) is 7.42. The molecule has 1 unspecified atom stereocenters. The van der Waals surface area contributed by atoms with Gasteiger partial charge in [0, 0.05) is 31.7 Å². The maximum atomic E-state index is 13.3. The number of ether oxygens (including phenoxy) is 1. The first kappa shape index (κ1) is 23.2. The normalized spacial score (nSPS) is 15.9. The highest BCUT2D eigenvalue weighted by Crippen LogP contribution is 2.21. The summed E-state index contributed by atoms with van der Waals surface area (Å²) in [4.78, 5) is 42.1. The van der Waals surface area contributed by atoms with Gasteiger partial charge in [0.1, 0.15) is 11.6 Å². The number of hydrogen-bond donors (Lipinski definition) is 2. The fraction of sp³-hybridized carbons (Fsp3) is 0.348. The van der Waals surface area contributed by atoms with Crippen molar-refractivity contribution in [2.45, 2.75) is 19.0 Å². The number of amides is 3. The Hall–Kier alpha value is -3.46. The summed E-state index contributed by atoms with van der Waals surface area (Å²) in [5.74, 6) is -0.990. The minimum absolute atomic E-state index is 0.0727. The summed E-state index contributed by atoms with van der Waals surface area (Å²) in [5.41, 5.74) is 6.51. The summed E-state index contributed by atoms with van der Waals surface area (Å²) < 4.78 is 18.4. The average Bonchev–Trinajstić information content (AvgIpc) is 2.82. The van der Waals surface area contributed by atoms with Gasteiger partial charge in [-0.1, -0.05) is 12.1 Å². The second-order valence-corrected chi connectivity index (χ2v) is 7.42. The average molecular weight is 442 g/mol. The Morgan fingerprint density at radius 2 is 1.72 bits per heavy atom. The lowest BCUT2D eigenvalue weighted by Crippen LogP contribution is -2.64. The van der Waals surface area contributed by atoms with Crippen LogP contribution in [-0.4, -0.2) is 67.0 Å². The van der Waals surface area contributed by atoms with Gasteiger partial charge < -0.3 is 25.6 Å². The van der Waals surface area contributed by atoms with E-state index in [1.54, 1.807) is 31.4 Å². The van der Waals surface area contributed by atoms with Gasteiger partial charge >= 0.3 is 0 Å². The van der Waals surface area contributed by atoms with Crippen molar-refractivity contribution < 1.29 is 23.5 Å². The van der Waals surface area contributed by atoms with Crippen LogP contribution in [0, 0.1) is 5.82 Å². The van der Waals surface area contributed by atoms with Gasteiger partial charge in [0.05, 0.1) is 13.5 Å². The summed E-state index contributed by atoms with van der Waals surface area (Å²) in [6.45, 7) is 1.07. The Kier molecular flexibility index (Phi) is 7.77. The molecule has 1 fully saturated rings. The van der Waals surface area contributed by atoms with Crippen LogP contribution in [0.1, 0.15) is 22.3 Å². The smallest absolute Gasteiger partial charge is 0.263 e. The predicted octanol–water partition coefficient (Wildman–Crippen LogP) is 1.15. The van der Waals surface area contributed by atoms with Crippen LogP contribution in [0.15, 0.2) is 48.5 Å². The summed E-state index contributed by atoms with van der Waals surface area (Å²) in [6.07, 6.45) is -0.524. The van der Waals surface area contributed by atoms with E-state index in [-0.39, 0.29) is 31.0 Å². The fourth-order valence-corrected chi connectivity index (χ4v) is 3.65. The first-order valence-corrected chi connectivity index (χ1v) is 10.4. The van der Waals surface area contributed by atoms with Crippen LogP contribution in [0.25, 0.3) is 0 Å². The third-order valence-corrected chi connectivity index (χ3v) is 5.25. The minimum atomic E-state index is -1.11. The zero-order valence-electron chi connectivity index (χ0n) is 17.9. The number of hydrogen-bond acceptors (Lipinski definition) is 5. The van der Waals surface area contributed by atoms with E-state index in [0.29, 0.717) is 25.3 Å². The lowest BCUT2D eigenvalue weighted by molar-refractivity contribution is -0.148. The molecule has 32 heavy (non-hydrogen) atoms. The number of carbonyl (C=O) groups excluding carboxylic acids is 3. The third kappa shape index (κ3) is 5.42. The molecule has 3 N–H and O–H groups in total. The van der Waals surface area contributed by atoms with E-state index in [1.165, 1.54) is 34.1 Å². The number of rotatable bonds is 7. The van der Waals surface area contributed by atoms with Gasteiger partial charge in [0.2, 0.25) is 5.91 Å². The minimum Gasteiger partial charge on any atom is -0.497 e. The number of halogens is 1. The Bertz CT molecular complexity index is 949. The van der Waals surface area contributed by atoms with E-state index in [9.17, 15) is 18.8 Å². The number of methoxy groups -OCH3 is 1. The summed E-state index contributed by atoms with van der Waals surface area (Å²) in [6, 6.07) is 12.2. The molecule has 0 radical (unpaired) electrons. The molecule has 0 aromatic heterocycles. The van der Waals surface area contributed by atoms with Gasteiger partial charge in [-0.15, -0.1) is 0 Å². The highest BCUT2D eigenvalue weighted by molar-refractivity contribution is 5.99. The SMILES string of the molecule is COc1ccc(CC(=O)N2CCCN(C(=O)c3ccc(F)cc3)C2C(=O)NCCN)cc1. The van der Waals surface area contributed by atoms with Crippen molar-refractivity contribution >= 4 is 17.7 Å². The molecular formula is C23H27FN4O4. The molecular weight excluding hydrogens is 415 g/mol. The van der Waals surface area contributed by atoms with Gasteiger partial charge in [0.15, 0.2) is 6.17 Å². The highest BCUT2D eigenvalue weighted by Gasteiger charge is 2.40. The molecule has 1 aliphatic heterocycles. The molecule has 0 aliphatic carbocycles. The Morgan fingerprint density at radius 1 is 1.06 bits per heavy atom. The summed E-state index contributed by atoms with van der Waals surface area (Å²) >= 11 is 0. The molecule has 0 saturated carbocycles. The molecule has 9 heteroatoms. The van der Waals surface area contributed by atoms with Crippen LogP contribution in [0.2, 0.25) is 0 Å². The van der Waals surface area contributed by atoms with Crippen LogP contribution in [0.4, 0.5) is 4.39 Å². The van der Waals surface area contributed by atoms with Crippen molar-refractivity contribution in [1.29, 1.82) is 0 Å². The molecule has 8 nitrogen and oxygen atoms in total. The fourth-order valence-electron chi connectivity index (χ4n) is 3.65. The van der Waals surface area contributed by atoms with Gasteiger partial charge in [-0.25, -0.2) is 4.39 Å². The Balaban J connectivity index is 1.85. The Labute approximate surface area is 186 Å². The molecule has 0 bridgehead atoms. The number of nitrogens with two attached hydrogens (primary N) is 1. The first-order chi connectivity index (χ1) is 15.4. The van der Waals surface area contributed by atoms with Crippen molar-refractivity contribution in [2.75, 3.05) is 33.3 Å². The van der Waals surface area contributed by atoms with Crippen LogP contribution in [0.5, 0.6) is 5.75 Å². The monoisotopic (exact) mass is 442 g/mol. The lowest BCUT2D eigenvalue weighted by atomic mass is 10.1. The van der Waals surface area contributed by atoms with Crippen molar-refractivity contribution in [3.8, 4) is 5.75 Å². The molecule has 2 aromatic rings. The maximum absolute atomic E-state index is 13.3. The molecule has 1 aliphatic rings. The van der Waals surface area contributed by atoms with E-state index in [0.717, 1.165) is 5.56 Å². The predicted molar refractivity (Wildman–Crippen MR) is 116 cm³/mol. The van der Waals surface area contributed by atoms with Crippen LogP contribution in [0.3, 0.4) is 0 Å². The molecule has 2 aromatic carbocycles. The maximum Gasteiger partial charge on any atom is 0.263 e. The van der Waals surface area contributed by atoms with E-state index < -0.39 is 23.8 Å². The van der Waals surface area contributed by atoms with Gasteiger partial charge in [-0.3, -0.25) is 14.4 Å². The van der Waals surface area contributed by atoms with Gasteiger partial charge in [-0.05, 0) is 48.4 Å². The Morgan fingerprint density at radius 3 is 2.34 bits per heavy atom. The highest BCUT2D eigenvalue weighted by atomic mass is 19.1. The zero-order valence-corrected chi connectivity index (χ0v) is 17.9. The molecule has 1 atom stereocenters. The molecule has 3 amide bonds. The van der Waals surface area contributed by atoms with Crippen LogP contribution < -0.4 is 15.8 Å². The van der Waals surface area contributed by atoms with Gasteiger partial charge in [0.25, 0.3) is 11.8 Å². The number of carbonyl (C=O) groups is 3. The van der Waals surface area contributed by atoms with E-state index in [1.807, 2.05) is 0 Å².